The second-order valence-corrected chi connectivity index (χ2v) is 5.22. The lowest BCUT2D eigenvalue weighted by molar-refractivity contribution is -0.140. The average Bonchev–Trinajstić information content (AvgIpc) is 2.36. The minimum Gasteiger partial charge on any atom is -0.463 e. The van der Waals surface area contributed by atoms with Crippen molar-refractivity contribution in [1.82, 2.24) is 5.32 Å². The normalized spacial score (nSPS) is 15.3. The molecule has 0 aliphatic carbocycles. The van der Waals surface area contributed by atoms with Gasteiger partial charge in [0.25, 0.3) is 0 Å². The van der Waals surface area contributed by atoms with E-state index in [1.807, 2.05) is 13.8 Å². The third-order valence-electron chi connectivity index (χ3n) is 2.95. The molecule has 0 saturated carbocycles. The molecule has 0 atom stereocenters. The molecule has 0 spiro atoms. The minimum absolute atomic E-state index is 0.250. The van der Waals surface area contributed by atoms with Crippen LogP contribution < -0.4 is 5.32 Å². The predicted octanol–water partition coefficient (Wildman–Crippen LogP) is 2.29. The lowest BCUT2D eigenvalue weighted by atomic mass is 9.98. The smallest absolute Gasteiger partial charge is 0.336 e. The average molecular weight is 281 g/mol. The van der Waals surface area contributed by atoms with Crippen molar-refractivity contribution in [2.24, 2.45) is 5.92 Å². The van der Waals surface area contributed by atoms with Crippen LogP contribution in [0, 0.1) is 5.92 Å². The standard InChI is InChI=1S/C15H23NO4/c1-6-19-14(17)12-7-13(11(5)16-10(12)4)15(18)20-8-9(2)3/h9,16H,6-8H2,1-5H3. The Morgan fingerprint density at radius 2 is 1.60 bits per heavy atom. The molecule has 1 aliphatic heterocycles. The first kappa shape index (κ1) is 16.3. The summed E-state index contributed by atoms with van der Waals surface area (Å²) < 4.78 is 10.2. The van der Waals surface area contributed by atoms with Crippen LogP contribution in [0.15, 0.2) is 22.5 Å². The Balaban J connectivity index is 2.81. The molecule has 5 heteroatoms. The maximum atomic E-state index is 12.1. The summed E-state index contributed by atoms with van der Waals surface area (Å²) in [6, 6.07) is 0. The number of hydrogen-bond acceptors (Lipinski definition) is 5. The van der Waals surface area contributed by atoms with Gasteiger partial charge in [-0.1, -0.05) is 13.8 Å². The number of hydrogen-bond donors (Lipinski definition) is 1. The van der Waals surface area contributed by atoms with Crippen LogP contribution in [0.4, 0.5) is 0 Å². The number of nitrogens with one attached hydrogen (secondary N) is 1. The van der Waals surface area contributed by atoms with Crippen LogP contribution in [0.5, 0.6) is 0 Å². The molecule has 0 unspecified atom stereocenters. The Hall–Kier alpha value is -1.78. The Labute approximate surface area is 120 Å². The molecule has 1 rings (SSSR count). The first-order valence-electron chi connectivity index (χ1n) is 6.87. The first-order valence-corrected chi connectivity index (χ1v) is 6.87. The molecule has 0 aromatic carbocycles. The third kappa shape index (κ3) is 4.11. The van der Waals surface area contributed by atoms with E-state index in [1.54, 1.807) is 20.8 Å². The van der Waals surface area contributed by atoms with Gasteiger partial charge in [-0.15, -0.1) is 0 Å². The fourth-order valence-electron chi connectivity index (χ4n) is 1.87. The SMILES string of the molecule is CCOC(=O)C1=C(C)NC(C)=C(C(=O)OCC(C)C)C1. The summed E-state index contributed by atoms with van der Waals surface area (Å²) in [6.45, 7) is 9.98. The van der Waals surface area contributed by atoms with Crippen LogP contribution in [0.25, 0.3) is 0 Å². The van der Waals surface area contributed by atoms with Gasteiger partial charge in [0.1, 0.15) is 0 Å². The highest BCUT2D eigenvalue weighted by molar-refractivity contribution is 5.96. The zero-order valence-electron chi connectivity index (χ0n) is 12.8. The number of allylic oxidation sites excluding steroid dienone is 2. The monoisotopic (exact) mass is 281 g/mol. The molecule has 1 aliphatic rings. The number of esters is 2. The van der Waals surface area contributed by atoms with Crippen molar-refractivity contribution in [2.45, 2.75) is 41.0 Å². The van der Waals surface area contributed by atoms with Gasteiger partial charge in [0.2, 0.25) is 0 Å². The van der Waals surface area contributed by atoms with Crippen molar-refractivity contribution in [3.8, 4) is 0 Å². The van der Waals surface area contributed by atoms with E-state index in [1.165, 1.54) is 0 Å². The van der Waals surface area contributed by atoms with Crippen molar-refractivity contribution >= 4 is 11.9 Å². The number of dihydropyridines is 1. The molecule has 5 nitrogen and oxygen atoms in total. The highest BCUT2D eigenvalue weighted by Crippen LogP contribution is 2.24. The summed E-state index contributed by atoms with van der Waals surface area (Å²) in [5.41, 5.74) is 2.42. The van der Waals surface area contributed by atoms with Crippen molar-refractivity contribution in [1.29, 1.82) is 0 Å². The second kappa shape index (κ2) is 7.12. The molecule has 0 aromatic rings. The van der Waals surface area contributed by atoms with E-state index >= 15 is 0 Å². The van der Waals surface area contributed by atoms with Crippen LogP contribution >= 0.6 is 0 Å². The van der Waals surface area contributed by atoms with E-state index in [0.717, 1.165) is 11.4 Å². The van der Waals surface area contributed by atoms with E-state index in [-0.39, 0.29) is 24.3 Å². The van der Waals surface area contributed by atoms with Crippen molar-refractivity contribution in [3.63, 3.8) is 0 Å². The number of rotatable bonds is 5. The lowest BCUT2D eigenvalue weighted by Gasteiger charge is -2.22. The quantitative estimate of drug-likeness (QED) is 0.783. The Morgan fingerprint density at radius 3 is 2.05 bits per heavy atom. The van der Waals surface area contributed by atoms with Gasteiger partial charge >= 0.3 is 11.9 Å². The van der Waals surface area contributed by atoms with Gasteiger partial charge in [-0.3, -0.25) is 0 Å². The molecule has 112 valence electrons. The fourth-order valence-corrected chi connectivity index (χ4v) is 1.87. The van der Waals surface area contributed by atoms with Crippen LogP contribution in [-0.2, 0) is 19.1 Å². The third-order valence-corrected chi connectivity index (χ3v) is 2.95. The Bertz CT molecular complexity index is 460. The molecule has 0 amide bonds. The predicted molar refractivity (Wildman–Crippen MR) is 75.6 cm³/mol. The molecule has 1 N–H and O–H groups in total. The van der Waals surface area contributed by atoms with E-state index < -0.39 is 0 Å². The summed E-state index contributed by atoms with van der Waals surface area (Å²) in [5, 5.41) is 3.04. The van der Waals surface area contributed by atoms with Crippen molar-refractivity contribution < 1.29 is 19.1 Å². The van der Waals surface area contributed by atoms with E-state index in [0.29, 0.717) is 24.4 Å². The summed E-state index contributed by atoms with van der Waals surface area (Å²) >= 11 is 0. The summed E-state index contributed by atoms with van der Waals surface area (Å²) in [4.78, 5) is 23.9. The molecule has 1 heterocycles. The van der Waals surface area contributed by atoms with Crippen LogP contribution in [0.3, 0.4) is 0 Å². The van der Waals surface area contributed by atoms with E-state index in [4.69, 9.17) is 9.47 Å². The molecule has 0 bridgehead atoms. The molecule has 0 radical (unpaired) electrons. The van der Waals surface area contributed by atoms with Gasteiger partial charge in [-0.25, -0.2) is 9.59 Å². The Morgan fingerprint density at radius 1 is 1.10 bits per heavy atom. The van der Waals surface area contributed by atoms with Gasteiger partial charge in [0, 0.05) is 17.8 Å². The van der Waals surface area contributed by atoms with Crippen molar-refractivity contribution in [3.05, 3.63) is 22.5 Å². The lowest BCUT2D eigenvalue weighted by Crippen LogP contribution is -2.27. The zero-order valence-corrected chi connectivity index (χ0v) is 12.8. The van der Waals surface area contributed by atoms with E-state index in [2.05, 4.69) is 5.32 Å². The highest BCUT2D eigenvalue weighted by Gasteiger charge is 2.26. The largest absolute Gasteiger partial charge is 0.463 e. The summed E-state index contributed by atoms with van der Waals surface area (Å²) in [5.74, 6) is -0.490. The van der Waals surface area contributed by atoms with Gasteiger partial charge < -0.3 is 14.8 Å². The maximum absolute atomic E-state index is 12.1. The maximum Gasteiger partial charge on any atom is 0.336 e. The minimum atomic E-state index is -0.390. The molecular formula is C15H23NO4. The fraction of sp³-hybridized carbons (Fsp3) is 0.600. The van der Waals surface area contributed by atoms with E-state index in [9.17, 15) is 9.59 Å². The van der Waals surface area contributed by atoms with Gasteiger partial charge in [0.15, 0.2) is 0 Å². The highest BCUT2D eigenvalue weighted by atomic mass is 16.5. The molecule has 0 saturated heterocycles. The molecular weight excluding hydrogens is 258 g/mol. The topological polar surface area (TPSA) is 64.6 Å². The number of carbonyl (C=O) groups is 2. The number of carbonyl (C=O) groups excluding carboxylic acids is 2. The van der Waals surface area contributed by atoms with Gasteiger partial charge in [-0.05, 0) is 26.7 Å². The second-order valence-electron chi connectivity index (χ2n) is 5.22. The Kier molecular flexibility index (Phi) is 5.80. The molecule has 20 heavy (non-hydrogen) atoms. The number of ether oxygens (including phenoxy) is 2. The molecule has 0 aromatic heterocycles. The zero-order chi connectivity index (χ0) is 15.3. The van der Waals surface area contributed by atoms with Crippen LogP contribution in [-0.4, -0.2) is 25.2 Å². The summed E-state index contributed by atoms with van der Waals surface area (Å²) in [7, 11) is 0. The van der Waals surface area contributed by atoms with Gasteiger partial charge in [-0.2, -0.15) is 0 Å². The first-order chi connectivity index (χ1) is 9.36. The summed E-state index contributed by atoms with van der Waals surface area (Å²) in [6.07, 6.45) is 0.250. The van der Waals surface area contributed by atoms with Gasteiger partial charge in [0.05, 0.1) is 24.4 Å². The van der Waals surface area contributed by atoms with Crippen LogP contribution in [0.2, 0.25) is 0 Å². The van der Waals surface area contributed by atoms with Crippen LogP contribution in [0.1, 0.15) is 41.0 Å². The molecule has 0 fully saturated rings. The van der Waals surface area contributed by atoms with Crippen molar-refractivity contribution in [2.75, 3.05) is 13.2 Å².